The average molecular weight is 274 g/mol. The molecule has 1 aliphatic rings. The highest BCUT2D eigenvalue weighted by molar-refractivity contribution is 5.47. The van der Waals surface area contributed by atoms with Crippen molar-refractivity contribution in [3.8, 4) is 0 Å². The minimum absolute atomic E-state index is 0.717. The minimum atomic E-state index is 0.717. The number of hydrogen-bond donors (Lipinski definition) is 1. The van der Waals surface area contributed by atoms with Gasteiger partial charge in [-0.1, -0.05) is 39.3 Å². The Kier molecular flexibility index (Phi) is 5.90. The van der Waals surface area contributed by atoms with Crippen LogP contribution < -0.4 is 10.2 Å². The predicted octanol–water partition coefficient (Wildman–Crippen LogP) is 4.06. The van der Waals surface area contributed by atoms with Gasteiger partial charge in [-0.2, -0.15) is 0 Å². The molecule has 1 N–H and O–H groups in total. The van der Waals surface area contributed by atoms with Gasteiger partial charge in [0.25, 0.3) is 0 Å². The molecule has 20 heavy (non-hydrogen) atoms. The lowest BCUT2D eigenvalue weighted by atomic mass is 9.94. The van der Waals surface area contributed by atoms with E-state index in [1.807, 2.05) is 0 Å². The molecule has 0 bridgehead atoms. The average Bonchev–Trinajstić information content (AvgIpc) is 2.48. The third-order valence-electron chi connectivity index (χ3n) is 4.38. The molecule has 1 saturated heterocycles. The molecule has 2 rings (SSSR count). The summed E-state index contributed by atoms with van der Waals surface area (Å²) < 4.78 is 0. The maximum atomic E-state index is 3.50. The molecule has 1 aliphatic heterocycles. The zero-order chi connectivity index (χ0) is 14.4. The molecule has 112 valence electrons. The highest BCUT2D eigenvalue weighted by atomic mass is 15.1. The largest absolute Gasteiger partial charge is 0.372 e. The SMILES string of the molecule is CCC1CCN(c2ccc(CNCC(C)C)cc2)CC1. The molecule has 0 amide bonds. The highest BCUT2D eigenvalue weighted by Gasteiger charge is 2.17. The van der Waals surface area contributed by atoms with Crippen molar-refractivity contribution in [2.75, 3.05) is 24.5 Å². The first-order valence-electron chi connectivity index (χ1n) is 8.23. The molecular formula is C18H30N2. The summed E-state index contributed by atoms with van der Waals surface area (Å²) in [6, 6.07) is 9.13. The Bertz CT molecular complexity index is 375. The van der Waals surface area contributed by atoms with Gasteiger partial charge in [0.15, 0.2) is 0 Å². The molecule has 0 saturated carbocycles. The van der Waals surface area contributed by atoms with Crippen molar-refractivity contribution >= 4 is 5.69 Å². The van der Waals surface area contributed by atoms with E-state index in [2.05, 4.69) is 55.3 Å². The van der Waals surface area contributed by atoms with E-state index in [-0.39, 0.29) is 0 Å². The van der Waals surface area contributed by atoms with E-state index in [1.54, 1.807) is 0 Å². The summed E-state index contributed by atoms with van der Waals surface area (Å²) in [6.07, 6.45) is 4.05. The van der Waals surface area contributed by atoms with Crippen molar-refractivity contribution < 1.29 is 0 Å². The second-order valence-electron chi connectivity index (χ2n) is 6.53. The molecule has 2 heteroatoms. The standard InChI is InChI=1S/C18H30N2/c1-4-16-9-11-20(12-10-16)18-7-5-17(6-8-18)14-19-13-15(2)3/h5-8,15-16,19H,4,9-14H2,1-3H3. The van der Waals surface area contributed by atoms with Gasteiger partial charge in [0.05, 0.1) is 0 Å². The van der Waals surface area contributed by atoms with Crippen LogP contribution in [0.4, 0.5) is 5.69 Å². The summed E-state index contributed by atoms with van der Waals surface area (Å²) in [5.41, 5.74) is 2.78. The molecule has 1 fully saturated rings. The molecule has 0 spiro atoms. The molecular weight excluding hydrogens is 244 g/mol. The van der Waals surface area contributed by atoms with Gasteiger partial charge in [-0.25, -0.2) is 0 Å². The van der Waals surface area contributed by atoms with Gasteiger partial charge in [-0.15, -0.1) is 0 Å². The summed E-state index contributed by atoms with van der Waals surface area (Å²) >= 11 is 0. The molecule has 0 unspecified atom stereocenters. The van der Waals surface area contributed by atoms with E-state index < -0.39 is 0 Å². The zero-order valence-electron chi connectivity index (χ0n) is 13.4. The van der Waals surface area contributed by atoms with Crippen molar-refractivity contribution in [3.05, 3.63) is 29.8 Å². The van der Waals surface area contributed by atoms with Crippen LogP contribution in [-0.2, 0) is 6.54 Å². The van der Waals surface area contributed by atoms with Crippen molar-refractivity contribution in [1.29, 1.82) is 0 Å². The molecule has 0 radical (unpaired) electrons. The highest BCUT2D eigenvalue weighted by Crippen LogP contribution is 2.25. The van der Waals surface area contributed by atoms with E-state index in [0.29, 0.717) is 5.92 Å². The van der Waals surface area contributed by atoms with Crippen LogP contribution in [0.1, 0.15) is 45.6 Å². The van der Waals surface area contributed by atoms with Gasteiger partial charge in [-0.3, -0.25) is 0 Å². The lowest BCUT2D eigenvalue weighted by Crippen LogP contribution is -2.33. The fraction of sp³-hybridized carbons (Fsp3) is 0.667. The summed E-state index contributed by atoms with van der Waals surface area (Å²) in [6.45, 7) is 11.3. The van der Waals surface area contributed by atoms with Gasteiger partial charge < -0.3 is 10.2 Å². The molecule has 1 aromatic carbocycles. The first kappa shape index (κ1) is 15.4. The maximum absolute atomic E-state index is 3.50. The fourth-order valence-electron chi connectivity index (χ4n) is 2.93. The Morgan fingerprint density at radius 2 is 1.80 bits per heavy atom. The van der Waals surface area contributed by atoms with Crippen LogP contribution in [0.15, 0.2) is 24.3 Å². The van der Waals surface area contributed by atoms with E-state index in [4.69, 9.17) is 0 Å². The molecule has 0 aromatic heterocycles. The minimum Gasteiger partial charge on any atom is -0.372 e. The quantitative estimate of drug-likeness (QED) is 0.841. The first-order valence-corrected chi connectivity index (χ1v) is 8.23. The Morgan fingerprint density at radius 1 is 1.15 bits per heavy atom. The Hall–Kier alpha value is -1.02. The molecule has 2 nitrogen and oxygen atoms in total. The first-order chi connectivity index (χ1) is 9.69. The third kappa shape index (κ3) is 4.52. The summed E-state index contributed by atoms with van der Waals surface area (Å²) in [7, 11) is 0. The molecule has 0 atom stereocenters. The van der Waals surface area contributed by atoms with E-state index in [1.165, 1.54) is 43.6 Å². The van der Waals surface area contributed by atoms with E-state index >= 15 is 0 Å². The van der Waals surface area contributed by atoms with Crippen LogP contribution in [0.25, 0.3) is 0 Å². The lowest BCUT2D eigenvalue weighted by Gasteiger charge is -2.33. The molecule has 1 aromatic rings. The van der Waals surface area contributed by atoms with Crippen LogP contribution in [0.2, 0.25) is 0 Å². The van der Waals surface area contributed by atoms with Crippen LogP contribution in [-0.4, -0.2) is 19.6 Å². The normalized spacial score (nSPS) is 16.9. The van der Waals surface area contributed by atoms with Crippen molar-refractivity contribution in [1.82, 2.24) is 5.32 Å². The van der Waals surface area contributed by atoms with E-state index in [9.17, 15) is 0 Å². The summed E-state index contributed by atoms with van der Waals surface area (Å²) in [5, 5.41) is 3.50. The predicted molar refractivity (Wildman–Crippen MR) is 88.2 cm³/mol. The fourth-order valence-corrected chi connectivity index (χ4v) is 2.93. The second kappa shape index (κ2) is 7.68. The van der Waals surface area contributed by atoms with Crippen LogP contribution in [0, 0.1) is 11.8 Å². The summed E-state index contributed by atoms with van der Waals surface area (Å²) in [4.78, 5) is 2.54. The van der Waals surface area contributed by atoms with Crippen molar-refractivity contribution in [2.24, 2.45) is 11.8 Å². The van der Waals surface area contributed by atoms with Gasteiger partial charge in [-0.05, 0) is 48.9 Å². The number of rotatable bonds is 6. The number of nitrogens with zero attached hydrogens (tertiary/aromatic N) is 1. The number of piperidine rings is 1. The van der Waals surface area contributed by atoms with Gasteiger partial charge in [0.2, 0.25) is 0 Å². The number of benzene rings is 1. The number of nitrogens with one attached hydrogen (secondary N) is 1. The van der Waals surface area contributed by atoms with Gasteiger partial charge in [0.1, 0.15) is 0 Å². The monoisotopic (exact) mass is 274 g/mol. The molecule has 0 aliphatic carbocycles. The molecule has 1 heterocycles. The topological polar surface area (TPSA) is 15.3 Å². The van der Waals surface area contributed by atoms with Crippen molar-refractivity contribution in [2.45, 2.75) is 46.6 Å². The maximum Gasteiger partial charge on any atom is 0.0366 e. The van der Waals surface area contributed by atoms with Crippen LogP contribution >= 0.6 is 0 Å². The number of hydrogen-bond acceptors (Lipinski definition) is 2. The number of anilines is 1. The van der Waals surface area contributed by atoms with Gasteiger partial charge in [0, 0.05) is 25.3 Å². The van der Waals surface area contributed by atoms with Gasteiger partial charge >= 0.3 is 0 Å². The Morgan fingerprint density at radius 3 is 2.35 bits per heavy atom. The van der Waals surface area contributed by atoms with Crippen LogP contribution in [0.3, 0.4) is 0 Å². The van der Waals surface area contributed by atoms with Crippen LogP contribution in [0.5, 0.6) is 0 Å². The second-order valence-corrected chi connectivity index (χ2v) is 6.53. The van der Waals surface area contributed by atoms with E-state index in [0.717, 1.165) is 19.0 Å². The summed E-state index contributed by atoms with van der Waals surface area (Å²) in [5.74, 6) is 1.67. The third-order valence-corrected chi connectivity index (χ3v) is 4.38. The Labute approximate surface area is 124 Å². The Balaban J connectivity index is 1.82. The zero-order valence-corrected chi connectivity index (χ0v) is 13.4. The lowest BCUT2D eigenvalue weighted by molar-refractivity contribution is 0.395. The smallest absolute Gasteiger partial charge is 0.0366 e. The van der Waals surface area contributed by atoms with Crippen molar-refractivity contribution in [3.63, 3.8) is 0 Å².